The second kappa shape index (κ2) is 8.15. The average Bonchev–Trinajstić information content (AvgIpc) is 3.36. The SMILES string of the molecule is CN(CC(C)(C)CO[N+](=O)[O-])C(=O)Cc1ccc(OCC2CO2)cc1. The van der Waals surface area contributed by atoms with Crippen molar-refractivity contribution in [1.82, 2.24) is 4.90 Å². The van der Waals surface area contributed by atoms with Gasteiger partial charge in [0.15, 0.2) is 0 Å². The van der Waals surface area contributed by atoms with E-state index < -0.39 is 10.5 Å². The van der Waals surface area contributed by atoms with Crippen LogP contribution in [0.2, 0.25) is 0 Å². The van der Waals surface area contributed by atoms with E-state index in [1.807, 2.05) is 38.1 Å². The third-order valence-electron chi connectivity index (χ3n) is 3.77. The lowest BCUT2D eigenvalue weighted by molar-refractivity contribution is -0.760. The van der Waals surface area contributed by atoms with Gasteiger partial charge in [-0.1, -0.05) is 26.0 Å². The molecule has 1 amide bonds. The van der Waals surface area contributed by atoms with Gasteiger partial charge in [-0.3, -0.25) is 4.79 Å². The molecule has 1 fully saturated rings. The predicted molar refractivity (Wildman–Crippen MR) is 89.7 cm³/mol. The summed E-state index contributed by atoms with van der Waals surface area (Å²) in [6.07, 6.45) is 0.465. The Balaban J connectivity index is 1.79. The van der Waals surface area contributed by atoms with Crippen LogP contribution in [0.1, 0.15) is 19.4 Å². The van der Waals surface area contributed by atoms with Crippen molar-refractivity contribution in [2.45, 2.75) is 26.4 Å². The molecule has 0 radical (unpaired) electrons. The lowest BCUT2D eigenvalue weighted by atomic mass is 9.94. The van der Waals surface area contributed by atoms with E-state index in [-0.39, 0.29) is 25.0 Å². The fourth-order valence-electron chi connectivity index (χ4n) is 2.37. The second-order valence-corrected chi connectivity index (χ2v) is 7.00. The fraction of sp³-hybridized carbons (Fsp3) is 0.588. The number of hydrogen-bond acceptors (Lipinski definition) is 6. The van der Waals surface area contributed by atoms with Crippen molar-refractivity contribution >= 4 is 5.91 Å². The molecular weight excluding hydrogens is 328 g/mol. The van der Waals surface area contributed by atoms with Crippen LogP contribution in [0.5, 0.6) is 5.75 Å². The highest BCUT2D eigenvalue weighted by Crippen LogP contribution is 2.19. The number of epoxide rings is 1. The molecule has 1 aliphatic heterocycles. The van der Waals surface area contributed by atoms with E-state index in [1.54, 1.807) is 11.9 Å². The summed E-state index contributed by atoms with van der Waals surface area (Å²) in [5.41, 5.74) is 0.367. The van der Waals surface area contributed by atoms with Crippen LogP contribution in [0.4, 0.5) is 0 Å². The van der Waals surface area contributed by atoms with Gasteiger partial charge in [0, 0.05) is 19.0 Å². The third-order valence-corrected chi connectivity index (χ3v) is 3.77. The van der Waals surface area contributed by atoms with E-state index in [4.69, 9.17) is 9.47 Å². The largest absolute Gasteiger partial charge is 0.491 e. The first-order valence-electron chi connectivity index (χ1n) is 8.10. The molecule has 0 spiro atoms. The number of nitrogens with zero attached hydrogens (tertiary/aromatic N) is 2. The van der Waals surface area contributed by atoms with Crippen molar-refractivity contribution in [2.24, 2.45) is 5.41 Å². The number of ether oxygens (including phenoxy) is 2. The minimum atomic E-state index is -0.817. The summed E-state index contributed by atoms with van der Waals surface area (Å²) in [5, 5.41) is 9.49. The van der Waals surface area contributed by atoms with Gasteiger partial charge in [0.2, 0.25) is 5.91 Å². The van der Waals surface area contributed by atoms with Gasteiger partial charge in [0.25, 0.3) is 5.09 Å². The number of likely N-dealkylation sites (N-methyl/N-ethyl adjacent to an activating group) is 1. The molecule has 0 aromatic heterocycles. The Morgan fingerprint density at radius 1 is 1.40 bits per heavy atom. The Kier molecular flexibility index (Phi) is 6.19. The van der Waals surface area contributed by atoms with Crippen molar-refractivity contribution < 1.29 is 24.2 Å². The maximum absolute atomic E-state index is 12.3. The summed E-state index contributed by atoms with van der Waals surface area (Å²) in [5.74, 6) is 0.687. The number of amides is 1. The quantitative estimate of drug-likeness (QED) is 0.361. The lowest BCUT2D eigenvalue weighted by Crippen LogP contribution is -2.39. The number of benzene rings is 1. The van der Waals surface area contributed by atoms with Crippen LogP contribution in [0.15, 0.2) is 24.3 Å². The zero-order valence-electron chi connectivity index (χ0n) is 14.8. The molecule has 0 saturated carbocycles. The number of rotatable bonds is 10. The van der Waals surface area contributed by atoms with E-state index in [0.29, 0.717) is 13.2 Å². The molecule has 0 aliphatic carbocycles. The Hall–Kier alpha value is -2.35. The molecule has 1 saturated heterocycles. The minimum Gasteiger partial charge on any atom is -0.491 e. The number of hydrogen-bond donors (Lipinski definition) is 0. The Bertz CT molecular complexity index is 598. The molecule has 1 heterocycles. The standard InChI is InChI=1S/C17H24N2O6/c1-17(2,12-25-19(21)22)11-18(3)16(20)8-13-4-6-14(7-5-13)23-9-15-10-24-15/h4-7,15H,8-12H2,1-3H3. The molecule has 1 aromatic carbocycles. The average molecular weight is 352 g/mol. The smallest absolute Gasteiger partial charge is 0.294 e. The van der Waals surface area contributed by atoms with E-state index in [1.165, 1.54) is 0 Å². The Labute approximate surface area is 146 Å². The van der Waals surface area contributed by atoms with Crippen LogP contribution in [-0.2, 0) is 20.8 Å². The molecule has 25 heavy (non-hydrogen) atoms. The van der Waals surface area contributed by atoms with Crippen LogP contribution in [0, 0.1) is 15.5 Å². The van der Waals surface area contributed by atoms with Crippen LogP contribution in [-0.4, -0.2) is 55.4 Å². The molecule has 8 nitrogen and oxygen atoms in total. The highest BCUT2D eigenvalue weighted by atomic mass is 16.9. The molecule has 8 heteroatoms. The molecule has 0 bridgehead atoms. The van der Waals surface area contributed by atoms with E-state index in [9.17, 15) is 14.9 Å². The first kappa shape index (κ1) is 19.0. The molecule has 0 N–H and O–H groups in total. The third kappa shape index (κ3) is 6.96. The van der Waals surface area contributed by atoms with Crippen molar-refractivity contribution in [2.75, 3.05) is 33.4 Å². The van der Waals surface area contributed by atoms with Gasteiger partial charge in [0.1, 0.15) is 25.1 Å². The minimum absolute atomic E-state index is 0.0609. The van der Waals surface area contributed by atoms with Crippen molar-refractivity contribution in [3.05, 3.63) is 39.9 Å². The maximum Gasteiger partial charge on any atom is 0.294 e. The first-order chi connectivity index (χ1) is 11.7. The van der Waals surface area contributed by atoms with E-state index in [0.717, 1.165) is 17.9 Å². The summed E-state index contributed by atoms with van der Waals surface area (Å²) >= 11 is 0. The first-order valence-corrected chi connectivity index (χ1v) is 8.10. The Morgan fingerprint density at radius 2 is 2.04 bits per heavy atom. The highest BCUT2D eigenvalue weighted by Gasteiger charge is 2.25. The molecule has 1 unspecified atom stereocenters. The van der Waals surface area contributed by atoms with Gasteiger partial charge in [0.05, 0.1) is 13.0 Å². The maximum atomic E-state index is 12.3. The van der Waals surface area contributed by atoms with Gasteiger partial charge in [-0.25, -0.2) is 0 Å². The van der Waals surface area contributed by atoms with Crippen LogP contribution >= 0.6 is 0 Å². The summed E-state index contributed by atoms with van der Waals surface area (Å²) < 4.78 is 10.6. The molecule has 138 valence electrons. The molecule has 1 aliphatic rings. The fourth-order valence-corrected chi connectivity index (χ4v) is 2.37. The molecule has 1 aromatic rings. The molecular formula is C17H24N2O6. The Morgan fingerprint density at radius 3 is 2.60 bits per heavy atom. The second-order valence-electron chi connectivity index (χ2n) is 7.00. The predicted octanol–water partition coefficient (Wildman–Crippen LogP) is 1.70. The topological polar surface area (TPSA) is 94.4 Å². The highest BCUT2D eigenvalue weighted by molar-refractivity contribution is 5.78. The lowest BCUT2D eigenvalue weighted by Gasteiger charge is -2.29. The van der Waals surface area contributed by atoms with Crippen molar-refractivity contribution in [1.29, 1.82) is 0 Å². The van der Waals surface area contributed by atoms with Crippen LogP contribution < -0.4 is 4.74 Å². The summed E-state index contributed by atoms with van der Waals surface area (Å²) in [6, 6.07) is 7.38. The van der Waals surface area contributed by atoms with Gasteiger partial charge in [-0.2, -0.15) is 0 Å². The number of carbonyl (C=O) groups is 1. The van der Waals surface area contributed by atoms with Gasteiger partial charge < -0.3 is 19.2 Å². The van der Waals surface area contributed by atoms with Crippen molar-refractivity contribution in [3.63, 3.8) is 0 Å². The van der Waals surface area contributed by atoms with E-state index >= 15 is 0 Å². The van der Waals surface area contributed by atoms with Gasteiger partial charge in [-0.15, -0.1) is 10.1 Å². The zero-order valence-corrected chi connectivity index (χ0v) is 14.8. The van der Waals surface area contributed by atoms with Crippen LogP contribution in [0.25, 0.3) is 0 Å². The van der Waals surface area contributed by atoms with Crippen LogP contribution in [0.3, 0.4) is 0 Å². The number of carbonyl (C=O) groups excluding carboxylic acids is 1. The van der Waals surface area contributed by atoms with Gasteiger partial charge in [-0.05, 0) is 17.7 Å². The monoisotopic (exact) mass is 352 g/mol. The summed E-state index contributed by atoms with van der Waals surface area (Å²) in [6.45, 7) is 5.23. The summed E-state index contributed by atoms with van der Waals surface area (Å²) in [7, 11) is 1.68. The molecule has 2 rings (SSSR count). The normalized spacial score (nSPS) is 16.2. The zero-order chi connectivity index (χ0) is 18.4. The summed E-state index contributed by atoms with van der Waals surface area (Å²) in [4.78, 5) is 28.6. The van der Waals surface area contributed by atoms with E-state index in [2.05, 4.69) is 4.84 Å². The van der Waals surface area contributed by atoms with Crippen molar-refractivity contribution in [3.8, 4) is 5.75 Å². The van der Waals surface area contributed by atoms with Gasteiger partial charge >= 0.3 is 0 Å². The molecule has 1 atom stereocenters.